The fraction of sp³-hybridized carbons (Fsp3) is 0.750. The van der Waals surface area contributed by atoms with Gasteiger partial charge in [0.2, 0.25) is 0 Å². The van der Waals surface area contributed by atoms with E-state index in [-0.39, 0.29) is 0 Å². The van der Waals surface area contributed by atoms with Crippen LogP contribution in [0, 0.1) is 0 Å². The monoisotopic (exact) mass is 510 g/mol. The Morgan fingerprint density at radius 1 is 0.633 bits per heavy atom. The number of hydrogen-bond acceptors (Lipinski definition) is 4. The van der Waals surface area contributed by atoms with E-state index in [9.17, 15) is 6.37 Å². The average molecular weight is 512 g/mol. The van der Waals surface area contributed by atoms with Crippen molar-refractivity contribution >= 4 is 8.32 Å². The van der Waals surface area contributed by atoms with Crippen LogP contribution in [0.1, 0.15) is 96.3 Å². The quantitative estimate of drug-likeness (QED) is 0.394. The van der Waals surface area contributed by atoms with Gasteiger partial charge < -0.3 is 0 Å². The molecule has 0 aromatic heterocycles. The van der Waals surface area contributed by atoms with Gasteiger partial charge in [0.15, 0.2) is 0 Å². The van der Waals surface area contributed by atoms with Crippen LogP contribution in [0.3, 0.4) is 0 Å². The van der Waals surface area contributed by atoms with Crippen molar-refractivity contribution in [1.29, 1.82) is 0 Å². The van der Waals surface area contributed by atoms with Gasteiger partial charge in [0.25, 0.3) is 0 Å². The van der Waals surface area contributed by atoms with Gasteiger partial charge in [0.1, 0.15) is 0 Å². The summed E-state index contributed by atoms with van der Waals surface area (Å²) in [6, 6.07) is 9.31. The van der Waals surface area contributed by atoms with Crippen molar-refractivity contribution in [2.75, 3.05) is 0 Å². The molecule has 4 rings (SSSR count). The molecule has 0 spiro atoms. The summed E-state index contributed by atoms with van der Waals surface area (Å²) in [5.41, 5.74) is 1.73. The van der Waals surface area contributed by atoms with E-state index in [4.69, 9.17) is 5.32 Å². The first-order valence-electron chi connectivity index (χ1n) is 12.5. The van der Waals surface area contributed by atoms with Gasteiger partial charge in [-0.15, -0.1) is 0 Å². The van der Waals surface area contributed by atoms with Gasteiger partial charge in [-0.2, -0.15) is 0 Å². The van der Waals surface area contributed by atoms with Gasteiger partial charge in [0, 0.05) is 0 Å². The maximum absolute atomic E-state index is 11.3. The van der Waals surface area contributed by atoms with Crippen LogP contribution in [0.25, 0.3) is 0 Å². The molecule has 0 atom stereocenters. The number of hydrogen-bond donors (Lipinski definition) is 2. The van der Waals surface area contributed by atoms with E-state index in [1.807, 2.05) is 30.3 Å². The molecular weight excluding hydrogens is 472 g/mol. The molecule has 0 bridgehead atoms. The maximum atomic E-state index is 11.3. The Hall–Kier alpha value is -0.000000000000000194. The average Bonchev–Trinajstić information content (AvgIpc) is 2.80. The first-order valence-corrected chi connectivity index (χ1v) is 18.8. The zero-order valence-electron chi connectivity index (χ0n) is 18.4. The molecule has 0 aliphatic heterocycles. The molecule has 3 aliphatic carbocycles. The number of para-hydroxylation sites is 1. The zero-order valence-corrected chi connectivity index (χ0v) is 21.9. The topological polar surface area (TPSA) is 58.9 Å². The van der Waals surface area contributed by atoms with Gasteiger partial charge in [0.05, 0.1) is 0 Å². The van der Waals surface area contributed by atoms with E-state index in [0.717, 1.165) is 0 Å². The SMILES string of the molecule is [OH][Zr]([OH])([O]c1ccccc1)[O][Si](C1CCCCC1)(C1CCCCC1)C1CCCCC1. The zero-order chi connectivity index (χ0) is 20.9. The fourth-order valence-electron chi connectivity index (χ4n) is 6.80. The third kappa shape index (κ3) is 5.49. The van der Waals surface area contributed by atoms with Crippen molar-refractivity contribution in [3.8, 4) is 5.75 Å². The third-order valence-electron chi connectivity index (χ3n) is 8.03. The van der Waals surface area contributed by atoms with Crippen molar-refractivity contribution in [3.05, 3.63) is 30.3 Å². The van der Waals surface area contributed by atoms with Gasteiger partial charge >= 0.3 is 191 Å². The molecule has 0 unspecified atom stereocenters. The Morgan fingerprint density at radius 3 is 1.43 bits per heavy atom. The van der Waals surface area contributed by atoms with Crippen molar-refractivity contribution in [2.45, 2.75) is 113 Å². The summed E-state index contributed by atoms with van der Waals surface area (Å²) in [7, 11) is -2.41. The first-order chi connectivity index (χ1) is 14.6. The molecule has 168 valence electrons. The summed E-state index contributed by atoms with van der Waals surface area (Å²) in [6.07, 6.45) is 19.0. The minimum atomic E-state index is -5.15. The Bertz CT molecular complexity index is 592. The molecule has 0 radical (unpaired) electrons. The molecule has 0 saturated heterocycles. The second-order valence-corrected chi connectivity index (χ2v) is 19.0. The molecule has 3 aliphatic rings. The number of benzene rings is 1. The molecule has 30 heavy (non-hydrogen) atoms. The molecule has 1 aromatic rings. The molecule has 1 aromatic carbocycles. The number of rotatable bonds is 7. The summed E-state index contributed by atoms with van der Waals surface area (Å²) < 4.78 is 35.3. The van der Waals surface area contributed by atoms with Crippen LogP contribution in [0.5, 0.6) is 5.75 Å². The summed E-state index contributed by atoms with van der Waals surface area (Å²) in [5, 5.41) is 0. The van der Waals surface area contributed by atoms with Crippen molar-refractivity contribution in [2.24, 2.45) is 0 Å². The normalized spacial score (nSPS) is 23.4. The van der Waals surface area contributed by atoms with Gasteiger partial charge in [-0.3, -0.25) is 0 Å². The van der Waals surface area contributed by atoms with E-state index in [1.54, 1.807) is 0 Å². The van der Waals surface area contributed by atoms with Crippen molar-refractivity contribution < 1.29 is 33.7 Å². The molecule has 3 fully saturated rings. The molecular formula is C24H40O4SiZr. The second kappa shape index (κ2) is 10.7. The predicted octanol–water partition coefficient (Wildman–Crippen LogP) is 6.83. The third-order valence-corrected chi connectivity index (χ3v) is 20.0. The van der Waals surface area contributed by atoms with Crippen LogP contribution in [-0.4, -0.2) is 14.7 Å². The Morgan fingerprint density at radius 2 is 1.03 bits per heavy atom. The van der Waals surface area contributed by atoms with E-state index in [0.29, 0.717) is 22.4 Å². The molecule has 0 amide bonds. The van der Waals surface area contributed by atoms with Crippen LogP contribution in [0.4, 0.5) is 0 Å². The summed E-state index contributed by atoms with van der Waals surface area (Å²) in [6.45, 7) is 0. The van der Waals surface area contributed by atoms with Crippen LogP contribution in [0.2, 0.25) is 16.6 Å². The Labute approximate surface area is 190 Å². The molecule has 4 nitrogen and oxygen atoms in total. The second-order valence-electron chi connectivity index (χ2n) is 9.92. The summed E-state index contributed by atoms with van der Waals surface area (Å²) in [4.78, 5) is 0. The van der Waals surface area contributed by atoms with Gasteiger partial charge in [-0.1, -0.05) is 0 Å². The Balaban J connectivity index is 1.67. The Kier molecular flexibility index (Phi) is 8.30. The molecule has 0 heterocycles. The van der Waals surface area contributed by atoms with Gasteiger partial charge in [-0.25, -0.2) is 0 Å². The van der Waals surface area contributed by atoms with Crippen LogP contribution in [-0.2, 0) is 24.5 Å². The van der Waals surface area contributed by atoms with E-state index in [2.05, 4.69) is 0 Å². The molecule has 3 saturated carbocycles. The van der Waals surface area contributed by atoms with Crippen molar-refractivity contribution in [3.63, 3.8) is 0 Å². The van der Waals surface area contributed by atoms with E-state index in [1.165, 1.54) is 96.3 Å². The predicted molar refractivity (Wildman–Crippen MR) is 119 cm³/mol. The summed E-state index contributed by atoms with van der Waals surface area (Å²) >= 11 is -5.15. The van der Waals surface area contributed by atoms with E-state index >= 15 is 0 Å². The summed E-state index contributed by atoms with van der Waals surface area (Å²) in [5.74, 6) is 0.539. The van der Waals surface area contributed by atoms with Gasteiger partial charge in [-0.05, 0) is 0 Å². The minimum absolute atomic E-state index is 0.539. The molecule has 6 heteroatoms. The standard InChI is InChI=1S/C18H33OSi.C6H6O.2H2O.Zr/c19-20(16-10-4-1-5-11-16,17-12-6-2-7-13-17)18-14-8-3-9-15-18;7-6-4-2-1-3-5-6;;;/h16-18H,1-15H2;1-5,7H;2*1H2;/q-1;;;;+4/p-3. The fourth-order valence-corrected chi connectivity index (χ4v) is 22.2. The van der Waals surface area contributed by atoms with E-state index < -0.39 is 30.3 Å². The molecule has 2 N–H and O–H groups in total. The van der Waals surface area contributed by atoms with Crippen LogP contribution >= 0.6 is 0 Å². The van der Waals surface area contributed by atoms with Crippen LogP contribution in [0.15, 0.2) is 30.3 Å². The first kappa shape index (κ1) is 23.2. The van der Waals surface area contributed by atoms with Crippen molar-refractivity contribution in [1.82, 2.24) is 0 Å². The van der Waals surface area contributed by atoms with Crippen LogP contribution < -0.4 is 2.81 Å².